The number of carbonyl (C=O) groups excluding carboxylic acids is 3. The van der Waals surface area contributed by atoms with Crippen LogP contribution in [0.15, 0.2) is 267 Å². The van der Waals surface area contributed by atoms with Gasteiger partial charge in [-0.3, -0.25) is 19.3 Å². The van der Waals surface area contributed by atoms with Crippen molar-refractivity contribution in [2.24, 2.45) is 0 Å². The Bertz CT molecular complexity index is 4010. The van der Waals surface area contributed by atoms with E-state index in [1.807, 2.05) is 243 Å². The highest BCUT2D eigenvalue weighted by molar-refractivity contribution is 6.21. The Balaban J connectivity index is 0.955. The van der Waals surface area contributed by atoms with Gasteiger partial charge in [0, 0.05) is 6.92 Å². The maximum Gasteiger partial charge on any atom is 0.302 e. The molecule has 0 bridgehead atoms. The fourth-order valence-electron chi connectivity index (χ4n) is 13.3. The van der Waals surface area contributed by atoms with Crippen LogP contribution in [0.5, 0.6) is 0 Å². The molecule has 13 rings (SSSR count). The number of hydrogen-bond donors (Lipinski definition) is 0. The second-order valence-electron chi connectivity index (χ2n) is 25.7. The highest BCUT2D eigenvalue weighted by atomic mass is 19.1. The van der Waals surface area contributed by atoms with Crippen LogP contribution in [-0.4, -0.2) is 135 Å². The smallest absolute Gasteiger partial charge is 0.302 e. The molecule has 0 aliphatic carbocycles. The van der Waals surface area contributed by atoms with E-state index in [9.17, 15) is 14.4 Å². The van der Waals surface area contributed by atoms with E-state index < -0.39 is 117 Å². The molecule has 9 aromatic rings. The molecule has 3 saturated heterocycles. The topological polar surface area (TPSA) is 184 Å². The predicted molar refractivity (Wildman–Crippen MR) is 377 cm³/mol. The Morgan fingerprint density at radius 1 is 0.330 bits per heavy atom. The van der Waals surface area contributed by atoms with Gasteiger partial charge in [0.25, 0.3) is 11.8 Å². The summed E-state index contributed by atoms with van der Waals surface area (Å²) in [7, 11) is 0. The van der Waals surface area contributed by atoms with E-state index in [0.717, 1.165) is 43.8 Å². The van der Waals surface area contributed by atoms with Gasteiger partial charge in [-0.15, -0.1) is 0 Å². The van der Waals surface area contributed by atoms with E-state index in [0.29, 0.717) is 5.56 Å². The lowest BCUT2D eigenvalue weighted by Gasteiger charge is -2.52. The number of alkyl halides is 1. The summed E-state index contributed by atoms with van der Waals surface area (Å²) in [4.78, 5) is 43.8. The van der Waals surface area contributed by atoms with Crippen LogP contribution < -0.4 is 0 Å². The summed E-state index contributed by atoms with van der Waals surface area (Å²) >= 11 is 0. The molecule has 3 fully saturated rings. The van der Waals surface area contributed by atoms with Gasteiger partial charge in [0.05, 0.1) is 77.2 Å². The number of nitrogens with zero attached hydrogens (tertiary/aromatic N) is 1. The molecule has 19 heteroatoms. The summed E-state index contributed by atoms with van der Waals surface area (Å²) in [6.45, 7) is 0.932. The first kappa shape index (κ1) is 72.4. The Labute approximate surface area is 599 Å². The third-order valence-corrected chi connectivity index (χ3v) is 18.4. The van der Waals surface area contributed by atoms with Gasteiger partial charge in [-0.1, -0.05) is 255 Å². The molecule has 0 unspecified atom stereocenters. The minimum Gasteiger partial charge on any atom is -0.463 e. The van der Waals surface area contributed by atoms with Crippen molar-refractivity contribution >= 4 is 17.8 Å². The summed E-state index contributed by atoms with van der Waals surface area (Å²) in [6.07, 6.45) is -19.0. The van der Waals surface area contributed by atoms with Crippen LogP contribution in [0, 0.1) is 0 Å². The molecule has 0 spiro atoms. The highest BCUT2D eigenvalue weighted by Crippen LogP contribution is 2.41. The second kappa shape index (κ2) is 36.4. The maximum atomic E-state index is 18.0. The number of fused-ring (bicyclic) bond motifs is 1. The number of imide groups is 1. The number of rotatable bonds is 33. The van der Waals surface area contributed by atoms with Crippen molar-refractivity contribution in [2.75, 3.05) is 19.8 Å². The summed E-state index contributed by atoms with van der Waals surface area (Å²) in [5, 5.41) is 0. The molecule has 9 aromatic carbocycles. The third-order valence-electron chi connectivity index (χ3n) is 18.4. The SMILES string of the molecule is CC(=O)OC[C@H]1O[C@@H](O[C@H]2[C@H](OCc3ccccc3)[C@@H](N3C(=O)c4ccccc4C3=O)[C@H](F)O[C@@H]2COCc2ccccc2)[C@H](OCc2ccccc2)[C@@H](O[C@H]2O[C@H](COCc3ccccc3)[C@H](OCc3ccccc3)[C@H](OCc3ccccc3)[C@H]2OCc2ccccc2)[C@H]1OCc1ccccc1. The van der Waals surface area contributed by atoms with Gasteiger partial charge in [-0.05, 0) is 56.6 Å². The molecule has 534 valence electrons. The lowest BCUT2D eigenvalue weighted by Crippen LogP contribution is -2.69. The number of carbonyl (C=O) groups is 3. The number of hydrogen-bond acceptors (Lipinski definition) is 17. The molecule has 4 aliphatic rings. The van der Waals surface area contributed by atoms with Crippen LogP contribution in [0.4, 0.5) is 4.39 Å². The first-order valence-electron chi connectivity index (χ1n) is 34.9. The molecular formula is C84H84FNO17. The van der Waals surface area contributed by atoms with Crippen molar-refractivity contribution in [3.63, 3.8) is 0 Å². The summed E-state index contributed by atoms with van der Waals surface area (Å²) in [6, 6.07) is 81.3. The molecule has 2 amide bonds. The summed E-state index contributed by atoms with van der Waals surface area (Å²) in [5.74, 6) is -2.14. The van der Waals surface area contributed by atoms with E-state index in [1.165, 1.54) is 19.1 Å². The zero-order valence-corrected chi connectivity index (χ0v) is 57.1. The van der Waals surface area contributed by atoms with Gasteiger partial charge in [0.15, 0.2) is 12.6 Å². The van der Waals surface area contributed by atoms with E-state index in [4.69, 9.17) is 66.3 Å². The third kappa shape index (κ3) is 19.1. The molecule has 0 saturated carbocycles. The number of amides is 2. The number of benzene rings is 9. The normalized spacial score (nSPS) is 25.5. The van der Waals surface area contributed by atoms with Crippen LogP contribution in [-0.2, 0) is 124 Å². The van der Waals surface area contributed by atoms with Gasteiger partial charge >= 0.3 is 5.97 Å². The van der Waals surface area contributed by atoms with Crippen molar-refractivity contribution < 1.29 is 85.1 Å². The Hall–Kier alpha value is -9.00. The van der Waals surface area contributed by atoms with Gasteiger partial charge in [-0.25, -0.2) is 4.39 Å². The van der Waals surface area contributed by atoms with Gasteiger partial charge in [-0.2, -0.15) is 0 Å². The van der Waals surface area contributed by atoms with Crippen molar-refractivity contribution in [1.29, 1.82) is 0 Å². The Morgan fingerprint density at radius 2 is 0.612 bits per heavy atom. The van der Waals surface area contributed by atoms with Gasteiger partial charge < -0.3 is 66.3 Å². The predicted octanol–water partition coefficient (Wildman–Crippen LogP) is 13.1. The van der Waals surface area contributed by atoms with Crippen molar-refractivity contribution in [3.8, 4) is 0 Å². The number of esters is 1. The van der Waals surface area contributed by atoms with Crippen LogP contribution >= 0.6 is 0 Å². The lowest BCUT2D eigenvalue weighted by molar-refractivity contribution is -0.390. The molecule has 0 radical (unpaired) electrons. The van der Waals surface area contributed by atoms with Crippen LogP contribution in [0.25, 0.3) is 0 Å². The summed E-state index contributed by atoms with van der Waals surface area (Å²) < 4.78 is 117. The fraction of sp³-hybridized carbons (Fsp3) is 0.321. The van der Waals surface area contributed by atoms with Gasteiger partial charge in [0.2, 0.25) is 6.36 Å². The molecular weight excluding hydrogens is 1310 g/mol. The van der Waals surface area contributed by atoms with Gasteiger partial charge in [0.1, 0.15) is 79.8 Å². The van der Waals surface area contributed by atoms with Crippen molar-refractivity contribution in [1.82, 2.24) is 4.90 Å². The van der Waals surface area contributed by atoms with E-state index in [1.54, 1.807) is 12.1 Å². The van der Waals surface area contributed by atoms with Crippen molar-refractivity contribution in [2.45, 2.75) is 152 Å². The molecule has 0 N–H and O–H groups in total. The standard InChI is InChI=1S/C84H84FNO17/c1-57(87)92-56-70-73(94-49-61-34-16-5-17-35-61)77(103-83-78(97-52-64-40-22-8-23-41-64)76(96-51-63-38-20-7-21-39-63)72(93-48-60-32-14-4-15-33-60)68(100-83)54-90-46-58-28-10-2-11-29-58)79(98-53-65-42-24-9-25-43-65)84(101-70)102-74-69(55-91-47-59-30-12-3-13-31-59)99-80(85)71(75(74)95-50-62-36-18-6-19-37-62)86-81(88)66-44-26-27-45-67(66)82(86)89/h2-45,68-80,83-84H,46-56H2,1H3/t68-,69-,70-,71-,72+,73+,74-,75-,76+,77+,78-,79-,80-,83-,84+/m1/s1. The number of ether oxygens (including phenoxy) is 14. The van der Waals surface area contributed by atoms with Crippen molar-refractivity contribution in [3.05, 3.63) is 323 Å². The largest absolute Gasteiger partial charge is 0.463 e. The zero-order chi connectivity index (χ0) is 70.5. The highest BCUT2D eigenvalue weighted by Gasteiger charge is 2.60. The average molecular weight is 1400 g/mol. The molecule has 4 aliphatic heterocycles. The quantitative estimate of drug-likeness (QED) is 0.0279. The average Bonchev–Trinajstić information content (AvgIpc) is 1.70. The van der Waals surface area contributed by atoms with Crippen LogP contribution in [0.2, 0.25) is 0 Å². The Kier molecular flexibility index (Phi) is 25.6. The Morgan fingerprint density at radius 3 is 0.981 bits per heavy atom. The maximum absolute atomic E-state index is 18.0. The minimum atomic E-state index is -2.35. The first-order chi connectivity index (χ1) is 50.7. The van der Waals surface area contributed by atoms with Crippen LogP contribution in [0.3, 0.4) is 0 Å². The number of halogens is 1. The lowest BCUT2D eigenvalue weighted by atomic mass is 9.94. The fourth-order valence-corrected chi connectivity index (χ4v) is 13.3. The minimum absolute atomic E-state index is 0.0115. The van der Waals surface area contributed by atoms with E-state index in [-0.39, 0.29) is 77.2 Å². The zero-order valence-electron chi connectivity index (χ0n) is 57.1. The molecule has 15 atom stereocenters. The first-order valence-corrected chi connectivity index (χ1v) is 34.9. The van der Waals surface area contributed by atoms with E-state index in [2.05, 4.69) is 0 Å². The molecule has 0 aromatic heterocycles. The molecule has 18 nitrogen and oxygen atoms in total. The van der Waals surface area contributed by atoms with E-state index >= 15 is 4.39 Å². The van der Waals surface area contributed by atoms with Crippen LogP contribution in [0.1, 0.15) is 72.1 Å². The molecule has 103 heavy (non-hydrogen) atoms. The molecule has 4 heterocycles. The summed E-state index contributed by atoms with van der Waals surface area (Å²) in [5.41, 5.74) is 6.72. The monoisotopic (exact) mass is 1400 g/mol. The second-order valence-corrected chi connectivity index (χ2v) is 25.7.